The zero-order valence-electron chi connectivity index (χ0n) is 11.0. The zero-order chi connectivity index (χ0) is 13.2. The highest BCUT2D eigenvalue weighted by Crippen LogP contribution is 2.26. The van der Waals surface area contributed by atoms with Crippen molar-refractivity contribution in [3.05, 3.63) is 40.3 Å². The van der Waals surface area contributed by atoms with Gasteiger partial charge in [0.25, 0.3) is 0 Å². The Balaban J connectivity index is 1.82. The van der Waals surface area contributed by atoms with Gasteiger partial charge >= 0.3 is 0 Å². The van der Waals surface area contributed by atoms with Crippen LogP contribution in [0.5, 0.6) is 0 Å². The quantitative estimate of drug-likeness (QED) is 0.911. The van der Waals surface area contributed by atoms with E-state index in [1.54, 1.807) is 0 Å². The SMILES string of the molecule is Cc1ccc(Br)cc1-c1cnc(CC2CCNC2)[nH]1. The third-order valence-electron chi connectivity index (χ3n) is 3.76. The molecule has 0 saturated carbocycles. The van der Waals surface area contributed by atoms with E-state index in [4.69, 9.17) is 0 Å². The van der Waals surface area contributed by atoms with Gasteiger partial charge in [-0.3, -0.25) is 0 Å². The molecule has 3 nitrogen and oxygen atoms in total. The Morgan fingerprint density at radius 1 is 1.42 bits per heavy atom. The van der Waals surface area contributed by atoms with Crippen LogP contribution in [0.4, 0.5) is 0 Å². The zero-order valence-corrected chi connectivity index (χ0v) is 12.6. The molecule has 1 atom stereocenters. The van der Waals surface area contributed by atoms with Crippen LogP contribution in [0.1, 0.15) is 17.8 Å². The number of halogens is 1. The van der Waals surface area contributed by atoms with E-state index in [0.29, 0.717) is 0 Å². The van der Waals surface area contributed by atoms with Gasteiger partial charge in [-0.1, -0.05) is 22.0 Å². The molecule has 4 heteroatoms. The summed E-state index contributed by atoms with van der Waals surface area (Å²) < 4.78 is 1.10. The molecule has 0 bridgehead atoms. The predicted octanol–water partition coefficient (Wildman–Crippen LogP) is 3.30. The van der Waals surface area contributed by atoms with Crippen LogP contribution in [0.25, 0.3) is 11.3 Å². The largest absolute Gasteiger partial charge is 0.342 e. The Morgan fingerprint density at radius 3 is 3.11 bits per heavy atom. The van der Waals surface area contributed by atoms with E-state index in [9.17, 15) is 0 Å². The van der Waals surface area contributed by atoms with Gasteiger partial charge in [-0.25, -0.2) is 4.98 Å². The minimum absolute atomic E-state index is 0.725. The molecule has 3 rings (SSSR count). The van der Waals surface area contributed by atoms with Gasteiger partial charge < -0.3 is 10.3 Å². The maximum absolute atomic E-state index is 4.53. The topological polar surface area (TPSA) is 40.7 Å². The summed E-state index contributed by atoms with van der Waals surface area (Å²) >= 11 is 3.53. The summed E-state index contributed by atoms with van der Waals surface area (Å²) in [5, 5.41) is 3.40. The molecule has 19 heavy (non-hydrogen) atoms. The van der Waals surface area contributed by atoms with Gasteiger partial charge in [0.1, 0.15) is 5.82 Å². The van der Waals surface area contributed by atoms with Crippen LogP contribution in [-0.4, -0.2) is 23.1 Å². The van der Waals surface area contributed by atoms with Crippen LogP contribution in [-0.2, 0) is 6.42 Å². The second-order valence-electron chi connectivity index (χ2n) is 5.27. The van der Waals surface area contributed by atoms with Crippen molar-refractivity contribution in [2.75, 3.05) is 13.1 Å². The minimum atomic E-state index is 0.725. The van der Waals surface area contributed by atoms with Crippen LogP contribution in [0.3, 0.4) is 0 Å². The molecule has 1 saturated heterocycles. The molecular formula is C15H18BrN3. The molecule has 2 heterocycles. The monoisotopic (exact) mass is 319 g/mol. The van der Waals surface area contributed by atoms with Crippen LogP contribution >= 0.6 is 15.9 Å². The third-order valence-corrected chi connectivity index (χ3v) is 4.26. The lowest BCUT2D eigenvalue weighted by Gasteiger charge is -2.06. The van der Waals surface area contributed by atoms with E-state index in [-0.39, 0.29) is 0 Å². The summed E-state index contributed by atoms with van der Waals surface area (Å²) in [7, 11) is 0. The first-order chi connectivity index (χ1) is 9.22. The van der Waals surface area contributed by atoms with Crippen molar-refractivity contribution in [3.8, 4) is 11.3 Å². The summed E-state index contributed by atoms with van der Waals surface area (Å²) in [5.41, 5.74) is 3.60. The molecular weight excluding hydrogens is 302 g/mol. The highest BCUT2D eigenvalue weighted by Gasteiger charge is 2.16. The fourth-order valence-electron chi connectivity index (χ4n) is 2.65. The number of aromatic nitrogens is 2. The summed E-state index contributed by atoms with van der Waals surface area (Å²) in [4.78, 5) is 7.99. The summed E-state index contributed by atoms with van der Waals surface area (Å²) in [5.74, 6) is 1.82. The van der Waals surface area contributed by atoms with Crippen LogP contribution in [0.15, 0.2) is 28.9 Å². The van der Waals surface area contributed by atoms with Crippen LogP contribution in [0.2, 0.25) is 0 Å². The van der Waals surface area contributed by atoms with Gasteiger partial charge in [-0.15, -0.1) is 0 Å². The Kier molecular flexibility index (Phi) is 3.71. The standard InChI is InChI=1S/C15H18BrN3/c1-10-2-3-12(16)7-13(10)14-9-18-15(19-14)6-11-4-5-17-8-11/h2-3,7,9,11,17H,4-6,8H2,1H3,(H,18,19). The first-order valence-corrected chi connectivity index (χ1v) is 7.53. The second-order valence-corrected chi connectivity index (χ2v) is 6.18. The molecule has 1 aliphatic heterocycles. The lowest BCUT2D eigenvalue weighted by molar-refractivity contribution is 0.565. The molecule has 2 N–H and O–H groups in total. The number of nitrogens with one attached hydrogen (secondary N) is 2. The van der Waals surface area contributed by atoms with Crippen molar-refractivity contribution in [1.82, 2.24) is 15.3 Å². The van der Waals surface area contributed by atoms with Gasteiger partial charge in [0.15, 0.2) is 0 Å². The van der Waals surface area contributed by atoms with E-state index in [1.807, 2.05) is 6.20 Å². The molecule has 1 aliphatic rings. The summed E-state index contributed by atoms with van der Waals surface area (Å²) in [6.07, 6.45) is 4.25. The number of nitrogens with zero attached hydrogens (tertiary/aromatic N) is 1. The first-order valence-electron chi connectivity index (χ1n) is 6.73. The van der Waals surface area contributed by atoms with E-state index >= 15 is 0 Å². The highest BCUT2D eigenvalue weighted by atomic mass is 79.9. The van der Waals surface area contributed by atoms with Crippen LogP contribution in [0, 0.1) is 12.8 Å². The fourth-order valence-corrected chi connectivity index (χ4v) is 3.01. The minimum Gasteiger partial charge on any atom is -0.342 e. The average molecular weight is 320 g/mol. The van der Waals surface area contributed by atoms with Crippen LogP contribution < -0.4 is 5.32 Å². The van der Waals surface area contributed by atoms with Gasteiger partial charge in [0.05, 0.1) is 11.9 Å². The van der Waals surface area contributed by atoms with Gasteiger partial charge in [-0.2, -0.15) is 0 Å². The lowest BCUT2D eigenvalue weighted by Crippen LogP contribution is -2.11. The Labute approximate surface area is 122 Å². The fraction of sp³-hybridized carbons (Fsp3) is 0.400. The Hall–Kier alpha value is -1.13. The smallest absolute Gasteiger partial charge is 0.106 e. The molecule has 100 valence electrons. The summed E-state index contributed by atoms with van der Waals surface area (Å²) in [6.45, 7) is 4.39. The Bertz CT molecular complexity index is 571. The van der Waals surface area contributed by atoms with Gasteiger partial charge in [0.2, 0.25) is 0 Å². The highest BCUT2D eigenvalue weighted by molar-refractivity contribution is 9.10. The van der Waals surface area contributed by atoms with E-state index in [0.717, 1.165) is 41.4 Å². The summed E-state index contributed by atoms with van der Waals surface area (Å²) in [6, 6.07) is 6.34. The number of aryl methyl sites for hydroxylation is 1. The molecule has 2 aromatic rings. The van der Waals surface area contributed by atoms with Crippen molar-refractivity contribution >= 4 is 15.9 Å². The predicted molar refractivity (Wildman–Crippen MR) is 81.1 cm³/mol. The Morgan fingerprint density at radius 2 is 2.32 bits per heavy atom. The van der Waals surface area contributed by atoms with Crippen molar-refractivity contribution in [3.63, 3.8) is 0 Å². The second kappa shape index (κ2) is 5.47. The van der Waals surface area contributed by atoms with Crippen molar-refractivity contribution in [2.24, 2.45) is 5.92 Å². The normalized spacial score (nSPS) is 18.9. The molecule has 1 unspecified atom stereocenters. The van der Waals surface area contributed by atoms with E-state index in [1.165, 1.54) is 17.5 Å². The molecule has 0 aliphatic carbocycles. The number of H-pyrrole nitrogens is 1. The van der Waals surface area contributed by atoms with Crippen molar-refractivity contribution < 1.29 is 0 Å². The maximum Gasteiger partial charge on any atom is 0.106 e. The average Bonchev–Trinajstić information content (AvgIpc) is 3.04. The number of rotatable bonds is 3. The van der Waals surface area contributed by atoms with Gasteiger partial charge in [0, 0.05) is 16.5 Å². The molecule has 1 aromatic heterocycles. The number of hydrogen-bond donors (Lipinski definition) is 2. The molecule has 1 aromatic carbocycles. The number of imidazole rings is 1. The van der Waals surface area contributed by atoms with Gasteiger partial charge in [-0.05, 0) is 50.0 Å². The molecule has 0 radical (unpaired) electrons. The molecule has 0 amide bonds. The van der Waals surface area contributed by atoms with E-state index < -0.39 is 0 Å². The number of hydrogen-bond acceptors (Lipinski definition) is 2. The van der Waals surface area contributed by atoms with Crippen molar-refractivity contribution in [1.29, 1.82) is 0 Å². The number of aromatic amines is 1. The number of benzene rings is 1. The third kappa shape index (κ3) is 2.90. The molecule has 0 spiro atoms. The van der Waals surface area contributed by atoms with Crippen molar-refractivity contribution in [2.45, 2.75) is 19.8 Å². The lowest BCUT2D eigenvalue weighted by atomic mass is 10.0. The first kappa shape index (κ1) is 12.9. The maximum atomic E-state index is 4.53. The van der Waals surface area contributed by atoms with E-state index in [2.05, 4.69) is 56.3 Å². The molecule has 1 fully saturated rings.